The van der Waals surface area contributed by atoms with Gasteiger partial charge in [0, 0.05) is 26.8 Å². The Hall–Kier alpha value is -2.08. The Kier molecular flexibility index (Phi) is 3.31. The predicted molar refractivity (Wildman–Crippen MR) is 74.7 cm³/mol. The van der Waals surface area contributed by atoms with Crippen LogP contribution in [0.15, 0.2) is 29.0 Å². The van der Waals surface area contributed by atoms with E-state index in [-0.39, 0.29) is 5.91 Å². The number of aromatic nitrogens is 1. The second-order valence-electron chi connectivity index (χ2n) is 5.01. The van der Waals surface area contributed by atoms with Gasteiger partial charge in [-0.2, -0.15) is 0 Å². The number of ether oxygens (including phenoxy) is 1. The lowest BCUT2D eigenvalue weighted by atomic mass is 10.2. The van der Waals surface area contributed by atoms with E-state index in [9.17, 15) is 4.79 Å². The number of furan rings is 1. The predicted octanol–water partition coefficient (Wildman–Crippen LogP) is 1.12. The molecule has 6 heteroatoms. The first-order valence-electron chi connectivity index (χ1n) is 6.57. The van der Waals surface area contributed by atoms with E-state index in [1.165, 1.54) is 0 Å². The van der Waals surface area contributed by atoms with Crippen molar-refractivity contribution in [2.24, 2.45) is 0 Å². The van der Waals surface area contributed by atoms with Crippen LogP contribution in [0.5, 0.6) is 0 Å². The Labute approximate surface area is 116 Å². The fraction of sp³-hybridized carbons (Fsp3) is 0.429. The average Bonchev–Trinajstić information content (AvgIpc) is 2.94. The molecule has 0 spiro atoms. The van der Waals surface area contributed by atoms with Gasteiger partial charge in [-0.05, 0) is 12.1 Å². The van der Waals surface area contributed by atoms with Gasteiger partial charge in [-0.25, -0.2) is 4.98 Å². The van der Waals surface area contributed by atoms with Crippen molar-refractivity contribution in [1.29, 1.82) is 0 Å². The van der Waals surface area contributed by atoms with Crippen LogP contribution in [0.4, 0.5) is 5.82 Å². The number of fused-ring (bicyclic) bond motifs is 1. The summed E-state index contributed by atoms with van der Waals surface area (Å²) in [6.07, 6.45) is 2.93. The smallest absolute Gasteiger partial charge is 0.253 e. The molecule has 2 aromatic heterocycles. The van der Waals surface area contributed by atoms with Gasteiger partial charge in [0.2, 0.25) is 0 Å². The van der Waals surface area contributed by atoms with Crippen molar-refractivity contribution < 1.29 is 13.9 Å². The molecule has 0 saturated carbocycles. The molecule has 3 rings (SSSR count). The SMILES string of the molecule is CN(C)C(=O)C1CN(c2nccc3occc23)CCO1. The molecule has 0 aromatic carbocycles. The summed E-state index contributed by atoms with van der Waals surface area (Å²) in [4.78, 5) is 20.1. The topological polar surface area (TPSA) is 58.8 Å². The molecule has 2 aromatic rings. The molecule has 1 fully saturated rings. The summed E-state index contributed by atoms with van der Waals surface area (Å²) in [5.74, 6) is 0.824. The Morgan fingerprint density at radius 2 is 2.30 bits per heavy atom. The van der Waals surface area contributed by atoms with Gasteiger partial charge < -0.3 is 19.0 Å². The Bertz CT molecular complexity index is 623. The highest BCUT2D eigenvalue weighted by atomic mass is 16.5. The van der Waals surface area contributed by atoms with Crippen LogP contribution in [0.25, 0.3) is 11.0 Å². The number of hydrogen-bond donors (Lipinski definition) is 0. The summed E-state index contributed by atoms with van der Waals surface area (Å²) < 4.78 is 11.0. The molecule has 3 heterocycles. The van der Waals surface area contributed by atoms with Crippen LogP contribution >= 0.6 is 0 Å². The van der Waals surface area contributed by atoms with Crippen LogP contribution in [0.1, 0.15) is 0 Å². The maximum Gasteiger partial charge on any atom is 0.253 e. The van der Waals surface area contributed by atoms with Crippen molar-refractivity contribution in [3.05, 3.63) is 24.6 Å². The van der Waals surface area contributed by atoms with E-state index in [2.05, 4.69) is 9.88 Å². The minimum absolute atomic E-state index is 0.0194. The van der Waals surface area contributed by atoms with Crippen LogP contribution < -0.4 is 4.90 Å². The molecule has 106 valence electrons. The highest BCUT2D eigenvalue weighted by Gasteiger charge is 2.29. The van der Waals surface area contributed by atoms with Gasteiger partial charge in [0.1, 0.15) is 11.4 Å². The number of morpholine rings is 1. The molecule has 0 aliphatic carbocycles. The van der Waals surface area contributed by atoms with Crippen LogP contribution in [0.3, 0.4) is 0 Å². The maximum absolute atomic E-state index is 12.0. The van der Waals surface area contributed by atoms with Gasteiger partial charge >= 0.3 is 0 Å². The third-order valence-electron chi connectivity index (χ3n) is 3.44. The lowest BCUT2D eigenvalue weighted by Crippen LogP contribution is -2.49. The van der Waals surface area contributed by atoms with Gasteiger partial charge in [-0.3, -0.25) is 4.79 Å². The lowest BCUT2D eigenvalue weighted by molar-refractivity contribution is -0.141. The Morgan fingerprint density at radius 3 is 3.10 bits per heavy atom. The van der Waals surface area contributed by atoms with Crippen LogP contribution in [0.2, 0.25) is 0 Å². The van der Waals surface area contributed by atoms with Crippen molar-refractivity contribution in [2.45, 2.75) is 6.10 Å². The normalized spacial score (nSPS) is 19.3. The third kappa shape index (κ3) is 2.22. The molecule has 0 radical (unpaired) electrons. The molecule has 1 aliphatic rings. The maximum atomic E-state index is 12.0. The first-order chi connectivity index (χ1) is 9.66. The average molecular weight is 275 g/mol. The van der Waals surface area contributed by atoms with E-state index in [0.717, 1.165) is 16.8 Å². The van der Waals surface area contributed by atoms with Crippen LogP contribution in [-0.2, 0) is 9.53 Å². The number of rotatable bonds is 2. The molecule has 0 N–H and O–H groups in total. The zero-order chi connectivity index (χ0) is 14.1. The number of amides is 1. The summed E-state index contributed by atoms with van der Waals surface area (Å²) >= 11 is 0. The summed E-state index contributed by atoms with van der Waals surface area (Å²) in [5.41, 5.74) is 0.803. The number of hydrogen-bond acceptors (Lipinski definition) is 5. The van der Waals surface area contributed by atoms with E-state index >= 15 is 0 Å². The van der Waals surface area contributed by atoms with E-state index in [4.69, 9.17) is 9.15 Å². The quantitative estimate of drug-likeness (QED) is 0.822. The largest absolute Gasteiger partial charge is 0.464 e. The second-order valence-corrected chi connectivity index (χ2v) is 5.01. The highest BCUT2D eigenvalue weighted by molar-refractivity contribution is 5.89. The molecular formula is C14H17N3O3. The number of carbonyl (C=O) groups excluding carboxylic acids is 1. The standard InChI is InChI=1S/C14H17N3O3/c1-16(2)14(18)12-9-17(6-8-20-12)13-10-4-7-19-11(10)3-5-15-13/h3-5,7,12H,6,8-9H2,1-2H3. The van der Waals surface area contributed by atoms with Crippen molar-refractivity contribution in [3.63, 3.8) is 0 Å². The van der Waals surface area contributed by atoms with Gasteiger partial charge in [0.25, 0.3) is 5.91 Å². The van der Waals surface area contributed by atoms with E-state index in [0.29, 0.717) is 19.7 Å². The van der Waals surface area contributed by atoms with Gasteiger partial charge in [0.05, 0.1) is 24.8 Å². The molecular weight excluding hydrogens is 258 g/mol. The molecule has 0 bridgehead atoms. The Balaban J connectivity index is 1.87. The lowest BCUT2D eigenvalue weighted by Gasteiger charge is -2.34. The van der Waals surface area contributed by atoms with Crippen LogP contribution in [0, 0.1) is 0 Å². The number of likely N-dealkylation sites (N-methyl/N-ethyl adjacent to an activating group) is 1. The number of nitrogens with zero attached hydrogens (tertiary/aromatic N) is 3. The van der Waals surface area contributed by atoms with Gasteiger partial charge in [-0.15, -0.1) is 0 Å². The molecule has 6 nitrogen and oxygen atoms in total. The number of pyridine rings is 1. The summed E-state index contributed by atoms with van der Waals surface area (Å²) in [7, 11) is 3.47. The third-order valence-corrected chi connectivity index (χ3v) is 3.44. The fourth-order valence-electron chi connectivity index (χ4n) is 2.41. The van der Waals surface area contributed by atoms with E-state index in [1.54, 1.807) is 31.5 Å². The molecule has 1 unspecified atom stereocenters. The summed E-state index contributed by atoms with van der Waals surface area (Å²) in [6, 6.07) is 3.73. The second kappa shape index (κ2) is 5.13. The van der Waals surface area contributed by atoms with E-state index < -0.39 is 6.10 Å². The monoisotopic (exact) mass is 275 g/mol. The molecule has 1 saturated heterocycles. The molecule has 1 atom stereocenters. The minimum atomic E-state index is -0.442. The first kappa shape index (κ1) is 12.9. The van der Waals surface area contributed by atoms with Gasteiger partial charge in [0.15, 0.2) is 6.10 Å². The first-order valence-corrected chi connectivity index (χ1v) is 6.57. The highest BCUT2D eigenvalue weighted by Crippen LogP contribution is 2.26. The summed E-state index contributed by atoms with van der Waals surface area (Å²) in [6.45, 7) is 1.74. The fourth-order valence-corrected chi connectivity index (χ4v) is 2.41. The van der Waals surface area contributed by atoms with Crippen molar-refractivity contribution in [1.82, 2.24) is 9.88 Å². The molecule has 1 aliphatic heterocycles. The molecule has 20 heavy (non-hydrogen) atoms. The number of carbonyl (C=O) groups is 1. The van der Waals surface area contributed by atoms with Crippen molar-refractivity contribution in [3.8, 4) is 0 Å². The molecule has 1 amide bonds. The van der Waals surface area contributed by atoms with E-state index in [1.807, 2.05) is 12.1 Å². The zero-order valence-electron chi connectivity index (χ0n) is 11.6. The summed E-state index contributed by atoms with van der Waals surface area (Å²) in [5, 5.41) is 0.963. The number of anilines is 1. The van der Waals surface area contributed by atoms with Crippen molar-refractivity contribution in [2.75, 3.05) is 38.7 Å². The van der Waals surface area contributed by atoms with Gasteiger partial charge in [-0.1, -0.05) is 0 Å². The minimum Gasteiger partial charge on any atom is -0.464 e. The Morgan fingerprint density at radius 1 is 1.45 bits per heavy atom. The van der Waals surface area contributed by atoms with Crippen molar-refractivity contribution >= 4 is 22.7 Å². The van der Waals surface area contributed by atoms with Crippen LogP contribution in [-0.4, -0.2) is 55.7 Å². The zero-order valence-corrected chi connectivity index (χ0v) is 11.6.